The van der Waals surface area contributed by atoms with Crippen molar-refractivity contribution >= 4 is 11.9 Å². The number of esters is 2. The summed E-state index contributed by atoms with van der Waals surface area (Å²) in [6, 6.07) is 0. The molecule has 26 heavy (non-hydrogen) atoms. The van der Waals surface area contributed by atoms with Crippen molar-refractivity contribution in [3.05, 3.63) is 47.6 Å². The highest BCUT2D eigenvalue weighted by Crippen LogP contribution is 2.36. The summed E-state index contributed by atoms with van der Waals surface area (Å²) in [4.78, 5) is 24.3. The second kappa shape index (κ2) is 8.01. The van der Waals surface area contributed by atoms with Gasteiger partial charge in [0.05, 0.1) is 23.7 Å². The second-order valence-electron chi connectivity index (χ2n) is 7.07. The lowest BCUT2D eigenvalue weighted by Crippen LogP contribution is -2.34. The Morgan fingerprint density at radius 1 is 1.31 bits per heavy atom. The van der Waals surface area contributed by atoms with E-state index in [9.17, 15) is 19.8 Å². The quantitative estimate of drug-likeness (QED) is 0.453. The summed E-state index contributed by atoms with van der Waals surface area (Å²) in [5, 5.41) is 19.7. The Bertz CT molecular complexity index is 684. The smallest absolute Gasteiger partial charge is 0.336 e. The summed E-state index contributed by atoms with van der Waals surface area (Å²) in [6.45, 7) is 12.5. The Morgan fingerprint density at radius 3 is 2.54 bits per heavy atom. The summed E-state index contributed by atoms with van der Waals surface area (Å²) < 4.78 is 11.0. The van der Waals surface area contributed by atoms with Gasteiger partial charge in [0.2, 0.25) is 0 Å². The molecule has 2 N–H and O–H groups in total. The number of fused-ring (bicyclic) bond motifs is 1. The largest absolute Gasteiger partial charge is 0.458 e. The number of hydrogen-bond donors (Lipinski definition) is 2. The van der Waals surface area contributed by atoms with Gasteiger partial charge in [0.15, 0.2) is 0 Å². The first kappa shape index (κ1) is 20.1. The average Bonchev–Trinajstić information content (AvgIpc) is 2.78. The third kappa shape index (κ3) is 4.51. The van der Waals surface area contributed by atoms with Gasteiger partial charge in [0.25, 0.3) is 0 Å². The van der Waals surface area contributed by atoms with Crippen molar-refractivity contribution < 1.29 is 29.3 Å². The van der Waals surface area contributed by atoms with Crippen molar-refractivity contribution in [2.45, 2.75) is 58.0 Å². The van der Waals surface area contributed by atoms with Crippen molar-refractivity contribution in [1.29, 1.82) is 0 Å². The van der Waals surface area contributed by atoms with E-state index in [1.54, 1.807) is 12.2 Å². The summed E-state index contributed by atoms with van der Waals surface area (Å²) in [5.41, 5.74) is 1.86. The Morgan fingerprint density at radius 2 is 1.92 bits per heavy atom. The van der Waals surface area contributed by atoms with Gasteiger partial charge in [0, 0.05) is 12.0 Å². The molecule has 142 valence electrons. The van der Waals surface area contributed by atoms with Gasteiger partial charge in [-0.3, -0.25) is 0 Å². The molecule has 6 nitrogen and oxygen atoms in total. The molecule has 0 amide bonds. The van der Waals surface area contributed by atoms with Gasteiger partial charge in [-0.05, 0) is 33.3 Å². The third-order valence-electron chi connectivity index (χ3n) is 4.67. The maximum Gasteiger partial charge on any atom is 0.336 e. The average molecular weight is 362 g/mol. The maximum atomic E-state index is 12.3. The predicted molar refractivity (Wildman–Crippen MR) is 96.0 cm³/mol. The van der Waals surface area contributed by atoms with Crippen LogP contribution in [0.2, 0.25) is 0 Å². The van der Waals surface area contributed by atoms with E-state index < -0.39 is 42.3 Å². The number of aliphatic hydroxyl groups is 2. The lowest BCUT2D eigenvalue weighted by atomic mass is 9.85. The van der Waals surface area contributed by atoms with E-state index in [1.165, 1.54) is 6.92 Å². The van der Waals surface area contributed by atoms with Gasteiger partial charge < -0.3 is 19.7 Å². The molecular formula is C20H26O6. The van der Waals surface area contributed by atoms with Gasteiger partial charge in [-0.1, -0.05) is 30.4 Å². The number of aliphatic hydroxyl groups excluding tert-OH is 2. The highest BCUT2D eigenvalue weighted by atomic mass is 16.6. The molecule has 0 aromatic heterocycles. The minimum absolute atomic E-state index is 0.0668. The zero-order chi connectivity index (χ0) is 19.6. The van der Waals surface area contributed by atoms with Gasteiger partial charge >= 0.3 is 11.9 Å². The Kier molecular flexibility index (Phi) is 6.21. The Balaban J connectivity index is 2.40. The molecule has 5 atom stereocenters. The van der Waals surface area contributed by atoms with E-state index in [4.69, 9.17) is 9.47 Å². The van der Waals surface area contributed by atoms with Crippen LogP contribution in [0.3, 0.4) is 0 Å². The van der Waals surface area contributed by atoms with Crippen LogP contribution in [0.4, 0.5) is 0 Å². The van der Waals surface area contributed by atoms with E-state index in [0.717, 1.165) is 11.1 Å². The molecule has 1 saturated heterocycles. The Labute approximate surface area is 153 Å². The minimum atomic E-state index is -1.04. The van der Waals surface area contributed by atoms with Gasteiger partial charge in [-0.15, -0.1) is 0 Å². The van der Waals surface area contributed by atoms with E-state index in [0.29, 0.717) is 12.8 Å². The zero-order valence-corrected chi connectivity index (χ0v) is 15.4. The molecule has 0 spiro atoms. The van der Waals surface area contributed by atoms with Crippen LogP contribution in [0.5, 0.6) is 0 Å². The van der Waals surface area contributed by atoms with Crippen molar-refractivity contribution in [3.8, 4) is 0 Å². The second-order valence-corrected chi connectivity index (χ2v) is 7.07. The first-order chi connectivity index (χ1) is 12.1. The molecule has 2 rings (SSSR count). The van der Waals surface area contributed by atoms with Crippen LogP contribution in [-0.2, 0) is 19.1 Å². The van der Waals surface area contributed by atoms with Crippen LogP contribution < -0.4 is 0 Å². The molecule has 1 aliphatic carbocycles. The summed E-state index contributed by atoms with van der Waals surface area (Å²) in [5.74, 6) is -1.80. The first-order valence-electron chi connectivity index (χ1n) is 8.60. The first-order valence-corrected chi connectivity index (χ1v) is 8.60. The molecule has 0 bridgehead atoms. The van der Waals surface area contributed by atoms with Crippen LogP contribution in [0.15, 0.2) is 47.6 Å². The molecule has 6 heteroatoms. The van der Waals surface area contributed by atoms with E-state index >= 15 is 0 Å². The summed E-state index contributed by atoms with van der Waals surface area (Å²) in [6.07, 6.45) is 1.15. The van der Waals surface area contributed by atoms with Crippen LogP contribution in [-0.4, -0.2) is 46.6 Å². The highest BCUT2D eigenvalue weighted by molar-refractivity contribution is 5.92. The molecule has 1 aliphatic heterocycles. The van der Waals surface area contributed by atoms with Crippen molar-refractivity contribution in [2.24, 2.45) is 5.92 Å². The SMILES string of the molecule is C=C(C(=O)OC1CC(C)=CC(O)CC(C)=CC2OC(=O)C(=C)C21)C(C)O. The number of rotatable bonds is 3. The molecular weight excluding hydrogens is 336 g/mol. The van der Waals surface area contributed by atoms with Crippen molar-refractivity contribution in [1.82, 2.24) is 0 Å². The predicted octanol–water partition coefficient (Wildman–Crippen LogP) is 1.98. The third-order valence-corrected chi connectivity index (χ3v) is 4.67. The van der Waals surface area contributed by atoms with Crippen LogP contribution in [0.1, 0.15) is 33.6 Å². The van der Waals surface area contributed by atoms with Crippen LogP contribution in [0, 0.1) is 5.92 Å². The Hall–Kier alpha value is -2.18. The van der Waals surface area contributed by atoms with Crippen molar-refractivity contribution in [3.63, 3.8) is 0 Å². The molecule has 1 heterocycles. The lowest BCUT2D eigenvalue weighted by molar-refractivity contribution is -0.148. The fraction of sp³-hybridized carbons (Fsp3) is 0.500. The molecule has 2 aliphatic rings. The standard InChI is InChI=1S/C20H26O6/c1-10-6-15(22)7-11(2)9-17-18(13(4)20(24)26-17)16(8-10)25-19(23)12(3)14(5)21/h6,9,14-18,21-22H,3-4,7-8H2,1-2,5H3. The van der Waals surface area contributed by atoms with Crippen LogP contribution in [0.25, 0.3) is 0 Å². The van der Waals surface area contributed by atoms with Crippen molar-refractivity contribution in [2.75, 3.05) is 0 Å². The lowest BCUT2D eigenvalue weighted by Gasteiger charge is -2.28. The zero-order valence-electron chi connectivity index (χ0n) is 15.4. The van der Waals surface area contributed by atoms with E-state index in [2.05, 4.69) is 13.2 Å². The molecule has 0 aromatic carbocycles. The number of carbonyl (C=O) groups excluding carboxylic acids is 2. The topological polar surface area (TPSA) is 93.1 Å². The molecule has 0 saturated carbocycles. The highest BCUT2D eigenvalue weighted by Gasteiger charge is 2.44. The van der Waals surface area contributed by atoms with Gasteiger partial charge in [-0.2, -0.15) is 0 Å². The number of hydrogen-bond acceptors (Lipinski definition) is 6. The summed E-state index contributed by atoms with van der Waals surface area (Å²) in [7, 11) is 0. The number of ether oxygens (including phenoxy) is 2. The minimum Gasteiger partial charge on any atom is -0.458 e. The summed E-state index contributed by atoms with van der Waals surface area (Å²) >= 11 is 0. The van der Waals surface area contributed by atoms with E-state index in [-0.39, 0.29) is 11.1 Å². The van der Waals surface area contributed by atoms with E-state index in [1.807, 2.05) is 13.8 Å². The molecule has 0 aromatic rings. The maximum absolute atomic E-state index is 12.3. The monoisotopic (exact) mass is 362 g/mol. The van der Waals surface area contributed by atoms with Gasteiger partial charge in [0.1, 0.15) is 12.2 Å². The van der Waals surface area contributed by atoms with Crippen LogP contribution >= 0.6 is 0 Å². The normalized spacial score (nSPS) is 30.5. The number of carbonyl (C=O) groups is 2. The fourth-order valence-electron chi connectivity index (χ4n) is 3.26. The molecule has 0 radical (unpaired) electrons. The molecule has 1 fully saturated rings. The molecule has 5 unspecified atom stereocenters. The van der Waals surface area contributed by atoms with Gasteiger partial charge in [-0.25, -0.2) is 9.59 Å². The fourth-order valence-corrected chi connectivity index (χ4v) is 3.26.